The van der Waals surface area contributed by atoms with E-state index in [2.05, 4.69) is 34.7 Å². The van der Waals surface area contributed by atoms with Crippen LogP contribution in [0.15, 0.2) is 18.3 Å². The summed E-state index contributed by atoms with van der Waals surface area (Å²) in [5.74, 6) is 1.11. The average molecular weight is 233 g/mol. The van der Waals surface area contributed by atoms with Gasteiger partial charge < -0.3 is 9.64 Å². The van der Waals surface area contributed by atoms with Crippen LogP contribution in [0, 0.1) is 0 Å². The van der Waals surface area contributed by atoms with Crippen molar-refractivity contribution in [1.82, 2.24) is 9.88 Å². The van der Waals surface area contributed by atoms with Crippen LogP contribution < -0.4 is 4.90 Å². The van der Waals surface area contributed by atoms with E-state index in [9.17, 15) is 0 Å². The maximum Gasteiger partial charge on any atom is 0.135 e. The molecule has 0 bridgehead atoms. The number of hydrogen-bond acceptors (Lipinski definition) is 4. The van der Waals surface area contributed by atoms with Crippen molar-refractivity contribution in [2.24, 2.45) is 0 Å². The van der Waals surface area contributed by atoms with Crippen molar-refractivity contribution >= 4 is 5.82 Å². The van der Waals surface area contributed by atoms with Crippen LogP contribution in [0.2, 0.25) is 0 Å². The maximum atomic E-state index is 5.75. The lowest BCUT2D eigenvalue weighted by Gasteiger charge is -2.23. The van der Waals surface area contributed by atoms with E-state index in [-0.39, 0.29) is 0 Å². The molecule has 2 aliphatic rings. The number of rotatable bonds is 1. The fraction of sp³-hybridized carbons (Fsp3) is 0.615. The van der Waals surface area contributed by atoms with Crippen molar-refractivity contribution in [1.29, 1.82) is 0 Å². The minimum atomic E-state index is 0.452. The van der Waals surface area contributed by atoms with Crippen LogP contribution in [0.1, 0.15) is 19.4 Å². The molecule has 4 heteroatoms. The van der Waals surface area contributed by atoms with Crippen LogP contribution in [0.25, 0.3) is 0 Å². The van der Waals surface area contributed by atoms with E-state index in [0.29, 0.717) is 18.7 Å². The quantitative estimate of drug-likeness (QED) is 0.734. The Bertz CT molecular complexity index is 407. The Hall–Kier alpha value is -1.13. The van der Waals surface area contributed by atoms with Crippen LogP contribution in [0.5, 0.6) is 0 Å². The Morgan fingerprint density at radius 3 is 3.18 bits per heavy atom. The van der Waals surface area contributed by atoms with Gasteiger partial charge in [0.2, 0.25) is 0 Å². The number of hydrogen-bond donors (Lipinski definition) is 0. The molecule has 4 nitrogen and oxygen atoms in total. The minimum Gasteiger partial charge on any atom is -0.374 e. The lowest BCUT2D eigenvalue weighted by Crippen LogP contribution is -2.34. The summed E-state index contributed by atoms with van der Waals surface area (Å²) in [5, 5.41) is 0. The van der Waals surface area contributed by atoms with Gasteiger partial charge in [0.05, 0.1) is 25.9 Å². The Morgan fingerprint density at radius 2 is 2.35 bits per heavy atom. The molecule has 1 atom stereocenters. The molecule has 1 fully saturated rings. The first-order valence-electron chi connectivity index (χ1n) is 6.28. The molecule has 17 heavy (non-hydrogen) atoms. The van der Waals surface area contributed by atoms with Gasteiger partial charge in [-0.25, -0.2) is 4.98 Å². The molecule has 92 valence electrons. The second-order valence-corrected chi connectivity index (χ2v) is 5.13. The van der Waals surface area contributed by atoms with Crippen molar-refractivity contribution in [3.05, 3.63) is 23.9 Å². The van der Waals surface area contributed by atoms with Crippen LogP contribution in [-0.4, -0.2) is 41.8 Å². The van der Waals surface area contributed by atoms with Gasteiger partial charge in [-0.1, -0.05) is 6.07 Å². The fourth-order valence-corrected chi connectivity index (χ4v) is 2.60. The van der Waals surface area contributed by atoms with E-state index < -0.39 is 0 Å². The number of ether oxygens (including phenoxy) is 1. The van der Waals surface area contributed by atoms with E-state index in [1.807, 2.05) is 12.3 Å². The second kappa shape index (κ2) is 4.27. The first kappa shape index (κ1) is 11.0. The number of pyridine rings is 1. The van der Waals surface area contributed by atoms with Crippen LogP contribution >= 0.6 is 0 Å². The summed E-state index contributed by atoms with van der Waals surface area (Å²) in [7, 11) is 0. The van der Waals surface area contributed by atoms with Gasteiger partial charge >= 0.3 is 0 Å². The van der Waals surface area contributed by atoms with Gasteiger partial charge in [-0.05, 0) is 19.9 Å². The summed E-state index contributed by atoms with van der Waals surface area (Å²) < 4.78 is 5.75. The lowest BCUT2D eigenvalue weighted by atomic mass is 10.2. The molecular weight excluding hydrogens is 214 g/mol. The van der Waals surface area contributed by atoms with Crippen molar-refractivity contribution in [3.63, 3.8) is 0 Å². The van der Waals surface area contributed by atoms with Gasteiger partial charge in [0.15, 0.2) is 0 Å². The van der Waals surface area contributed by atoms with Crippen molar-refractivity contribution < 1.29 is 4.74 Å². The molecule has 2 aliphatic heterocycles. The zero-order valence-corrected chi connectivity index (χ0v) is 10.5. The largest absolute Gasteiger partial charge is 0.374 e. The van der Waals surface area contributed by atoms with E-state index >= 15 is 0 Å². The normalized spacial score (nSPS) is 24.6. The predicted octanol–water partition coefficient (Wildman–Crippen LogP) is 1.47. The lowest BCUT2D eigenvalue weighted by molar-refractivity contribution is 0.112. The third kappa shape index (κ3) is 1.91. The predicted molar refractivity (Wildman–Crippen MR) is 66.9 cm³/mol. The summed E-state index contributed by atoms with van der Waals surface area (Å²) in [6.07, 6.45) is 1.87. The van der Waals surface area contributed by atoms with Gasteiger partial charge in [0.25, 0.3) is 0 Å². The molecule has 0 radical (unpaired) electrons. The second-order valence-electron chi connectivity index (χ2n) is 5.13. The fourth-order valence-electron chi connectivity index (χ4n) is 2.60. The highest BCUT2D eigenvalue weighted by Crippen LogP contribution is 2.28. The summed E-state index contributed by atoms with van der Waals surface area (Å²) in [4.78, 5) is 9.40. The SMILES string of the molecule is CC(C)N1CC2COCc3cccnc3N2C1. The molecule has 3 rings (SSSR count). The highest BCUT2D eigenvalue weighted by molar-refractivity contribution is 5.49. The first-order chi connectivity index (χ1) is 8.25. The number of anilines is 1. The molecule has 3 heterocycles. The average Bonchev–Trinajstić information content (AvgIpc) is 2.67. The van der Waals surface area contributed by atoms with E-state index in [4.69, 9.17) is 4.74 Å². The van der Waals surface area contributed by atoms with Crippen molar-refractivity contribution in [2.75, 3.05) is 24.7 Å². The van der Waals surface area contributed by atoms with Crippen LogP contribution in [0.3, 0.4) is 0 Å². The number of fused-ring (bicyclic) bond motifs is 3. The molecule has 1 aromatic rings. The van der Waals surface area contributed by atoms with Gasteiger partial charge in [0.1, 0.15) is 5.82 Å². The summed E-state index contributed by atoms with van der Waals surface area (Å²) in [6.45, 7) is 8.03. The third-order valence-corrected chi connectivity index (χ3v) is 3.66. The van der Waals surface area contributed by atoms with E-state index in [1.54, 1.807) is 0 Å². The summed E-state index contributed by atoms with van der Waals surface area (Å²) >= 11 is 0. The highest BCUT2D eigenvalue weighted by Gasteiger charge is 2.35. The third-order valence-electron chi connectivity index (χ3n) is 3.66. The Balaban J connectivity index is 1.92. The molecule has 0 amide bonds. The maximum absolute atomic E-state index is 5.75. The standard InChI is InChI=1S/C13H19N3O/c1-10(2)15-6-12-8-17-7-11-4-3-5-14-13(11)16(12)9-15/h3-5,10,12H,6-9H2,1-2H3. The van der Waals surface area contributed by atoms with Crippen LogP contribution in [0.4, 0.5) is 5.82 Å². The summed E-state index contributed by atoms with van der Waals surface area (Å²) in [5.41, 5.74) is 1.21. The zero-order valence-electron chi connectivity index (χ0n) is 10.5. The molecule has 0 aromatic carbocycles. The van der Waals surface area contributed by atoms with E-state index in [0.717, 1.165) is 25.6 Å². The minimum absolute atomic E-state index is 0.452. The van der Waals surface area contributed by atoms with Gasteiger partial charge in [-0.2, -0.15) is 0 Å². The molecule has 1 aromatic heterocycles. The highest BCUT2D eigenvalue weighted by atomic mass is 16.5. The molecule has 1 saturated heterocycles. The topological polar surface area (TPSA) is 28.6 Å². The van der Waals surface area contributed by atoms with E-state index in [1.165, 1.54) is 5.56 Å². The van der Waals surface area contributed by atoms with Gasteiger partial charge in [0, 0.05) is 24.3 Å². The van der Waals surface area contributed by atoms with Gasteiger partial charge in [-0.15, -0.1) is 0 Å². The zero-order chi connectivity index (χ0) is 11.8. The Kier molecular flexibility index (Phi) is 2.76. The number of nitrogens with zero attached hydrogens (tertiary/aromatic N) is 3. The Morgan fingerprint density at radius 1 is 1.47 bits per heavy atom. The smallest absolute Gasteiger partial charge is 0.135 e. The molecule has 0 saturated carbocycles. The monoisotopic (exact) mass is 233 g/mol. The first-order valence-corrected chi connectivity index (χ1v) is 6.28. The van der Waals surface area contributed by atoms with Crippen molar-refractivity contribution in [2.45, 2.75) is 32.5 Å². The van der Waals surface area contributed by atoms with Gasteiger partial charge in [-0.3, -0.25) is 4.90 Å². The molecule has 1 unspecified atom stereocenters. The molecule has 0 N–H and O–H groups in total. The summed E-state index contributed by atoms with van der Waals surface area (Å²) in [6, 6.07) is 5.13. The molecule has 0 spiro atoms. The van der Waals surface area contributed by atoms with Crippen molar-refractivity contribution in [3.8, 4) is 0 Å². The molecular formula is C13H19N3O. The number of aromatic nitrogens is 1. The Labute approximate surface area is 102 Å². The molecule has 0 aliphatic carbocycles. The van der Waals surface area contributed by atoms with Crippen LogP contribution in [-0.2, 0) is 11.3 Å².